The summed E-state index contributed by atoms with van der Waals surface area (Å²) in [5, 5.41) is 4.75. The monoisotopic (exact) mass is 327 g/mol. The molecule has 1 aromatic carbocycles. The van der Waals surface area contributed by atoms with E-state index in [1.807, 2.05) is 0 Å². The number of aromatic amines is 1. The number of aromatic nitrogens is 1. The van der Waals surface area contributed by atoms with Crippen molar-refractivity contribution in [2.45, 2.75) is 31.3 Å². The summed E-state index contributed by atoms with van der Waals surface area (Å²) in [7, 11) is -3.57. The van der Waals surface area contributed by atoms with Crippen LogP contribution in [-0.4, -0.2) is 19.4 Å². The van der Waals surface area contributed by atoms with Crippen LogP contribution in [0.5, 0.6) is 0 Å². The molecule has 2 aromatic rings. The zero-order valence-electron chi connectivity index (χ0n) is 11.7. The topological polar surface area (TPSA) is 91.1 Å². The Morgan fingerprint density at radius 3 is 2.62 bits per heavy atom. The molecule has 0 unspecified atom stereocenters. The molecule has 0 radical (unpaired) electrons. The van der Waals surface area contributed by atoms with Crippen molar-refractivity contribution < 1.29 is 8.42 Å². The fourth-order valence-corrected chi connectivity index (χ4v) is 3.83. The molecule has 0 aliphatic heterocycles. The number of hydrogen-bond acceptors (Lipinski definition) is 5. The fourth-order valence-electron chi connectivity index (χ4n) is 1.81. The first kappa shape index (κ1) is 15.7. The van der Waals surface area contributed by atoms with Gasteiger partial charge >= 0.3 is 4.87 Å². The van der Waals surface area contributed by atoms with Gasteiger partial charge in [-0.25, -0.2) is 13.1 Å². The Hall–Kier alpha value is -1.64. The smallest absolute Gasteiger partial charge is 0.304 e. The molecule has 0 bridgehead atoms. The minimum absolute atomic E-state index is 0.130. The lowest BCUT2D eigenvalue weighted by atomic mass is 10.3. The van der Waals surface area contributed by atoms with Crippen LogP contribution in [0.1, 0.15) is 19.5 Å². The molecule has 6 nitrogen and oxygen atoms in total. The quantitative estimate of drug-likeness (QED) is 0.753. The Kier molecular flexibility index (Phi) is 4.81. The molecule has 8 heteroatoms. The number of sulfonamides is 1. The molecule has 0 aliphatic rings. The number of nitrogens with one attached hydrogen (secondary N) is 3. The summed E-state index contributed by atoms with van der Waals surface area (Å²) in [6, 6.07) is 6.49. The lowest BCUT2D eigenvalue weighted by Gasteiger charge is -2.14. The number of rotatable bonds is 6. The molecule has 0 spiro atoms. The van der Waals surface area contributed by atoms with Gasteiger partial charge in [0.25, 0.3) is 0 Å². The molecule has 0 aliphatic carbocycles. The van der Waals surface area contributed by atoms with Gasteiger partial charge in [0.05, 0.1) is 12.2 Å². The summed E-state index contributed by atoms with van der Waals surface area (Å²) in [6.45, 7) is 3.89. The van der Waals surface area contributed by atoms with Crippen LogP contribution in [0.25, 0.3) is 0 Å². The Balaban J connectivity index is 2.22. The Bertz CT molecular complexity index is 763. The summed E-state index contributed by atoms with van der Waals surface area (Å²) < 4.78 is 27.1. The van der Waals surface area contributed by atoms with E-state index in [9.17, 15) is 13.2 Å². The minimum atomic E-state index is -3.57. The molecule has 0 amide bonds. The Morgan fingerprint density at radius 2 is 2.00 bits per heavy atom. The van der Waals surface area contributed by atoms with E-state index >= 15 is 0 Å². The van der Waals surface area contributed by atoms with Gasteiger partial charge in [0.15, 0.2) is 0 Å². The highest BCUT2D eigenvalue weighted by atomic mass is 32.2. The SMILES string of the molecule is CC(C)NS(=O)(=O)c1ccccc1NCc1csc(=O)[nH]1. The van der Waals surface area contributed by atoms with Crippen molar-refractivity contribution in [3.63, 3.8) is 0 Å². The summed E-state index contributed by atoms with van der Waals surface area (Å²) in [5.41, 5.74) is 1.21. The third-order valence-corrected chi connectivity index (χ3v) is 5.04. The van der Waals surface area contributed by atoms with Gasteiger partial charge in [-0.1, -0.05) is 23.5 Å². The van der Waals surface area contributed by atoms with Gasteiger partial charge in [-0.15, -0.1) is 0 Å². The third-order valence-electron chi connectivity index (χ3n) is 2.61. The first-order valence-corrected chi connectivity index (χ1v) is 8.76. The minimum Gasteiger partial charge on any atom is -0.378 e. The van der Waals surface area contributed by atoms with Gasteiger partial charge in [0, 0.05) is 17.1 Å². The number of anilines is 1. The van der Waals surface area contributed by atoms with Gasteiger partial charge in [-0.05, 0) is 26.0 Å². The first-order valence-electron chi connectivity index (χ1n) is 6.40. The van der Waals surface area contributed by atoms with Crippen LogP contribution < -0.4 is 14.9 Å². The van der Waals surface area contributed by atoms with E-state index in [1.165, 1.54) is 0 Å². The van der Waals surface area contributed by atoms with Crippen LogP contribution in [-0.2, 0) is 16.6 Å². The summed E-state index contributed by atoms with van der Waals surface area (Å²) in [4.78, 5) is 13.8. The number of para-hydroxylation sites is 1. The maximum absolute atomic E-state index is 12.3. The normalized spacial score (nSPS) is 11.8. The molecule has 0 saturated carbocycles. The van der Waals surface area contributed by atoms with Crippen LogP contribution in [0, 0.1) is 0 Å². The van der Waals surface area contributed by atoms with E-state index < -0.39 is 10.0 Å². The van der Waals surface area contributed by atoms with Crippen LogP contribution in [0.2, 0.25) is 0 Å². The predicted molar refractivity (Wildman–Crippen MR) is 84.2 cm³/mol. The molecule has 1 heterocycles. The van der Waals surface area contributed by atoms with Crippen molar-refractivity contribution in [2.75, 3.05) is 5.32 Å². The second kappa shape index (κ2) is 6.42. The van der Waals surface area contributed by atoms with Crippen molar-refractivity contribution in [3.8, 4) is 0 Å². The maximum atomic E-state index is 12.3. The van der Waals surface area contributed by atoms with Gasteiger partial charge in [-0.2, -0.15) is 0 Å². The van der Waals surface area contributed by atoms with Gasteiger partial charge < -0.3 is 10.3 Å². The molecule has 0 saturated heterocycles. The van der Waals surface area contributed by atoms with Crippen LogP contribution in [0.3, 0.4) is 0 Å². The fraction of sp³-hybridized carbons (Fsp3) is 0.308. The Labute approximate surface area is 127 Å². The lowest BCUT2D eigenvalue weighted by molar-refractivity contribution is 0.570. The maximum Gasteiger partial charge on any atom is 0.304 e. The van der Waals surface area contributed by atoms with Crippen molar-refractivity contribution in [3.05, 3.63) is 45.0 Å². The zero-order chi connectivity index (χ0) is 15.5. The average molecular weight is 327 g/mol. The highest BCUT2D eigenvalue weighted by Gasteiger charge is 2.18. The molecule has 114 valence electrons. The second-order valence-electron chi connectivity index (χ2n) is 4.80. The molecule has 0 atom stereocenters. The lowest BCUT2D eigenvalue weighted by Crippen LogP contribution is -2.30. The van der Waals surface area contributed by atoms with Gasteiger partial charge in [-0.3, -0.25) is 4.79 Å². The van der Waals surface area contributed by atoms with E-state index in [0.29, 0.717) is 17.9 Å². The number of thiazole rings is 1. The van der Waals surface area contributed by atoms with E-state index in [2.05, 4.69) is 15.0 Å². The van der Waals surface area contributed by atoms with Crippen molar-refractivity contribution in [1.29, 1.82) is 0 Å². The number of hydrogen-bond donors (Lipinski definition) is 3. The molecular formula is C13H17N3O3S2. The van der Waals surface area contributed by atoms with E-state index in [4.69, 9.17) is 0 Å². The summed E-state index contributed by atoms with van der Waals surface area (Å²) in [5.74, 6) is 0. The van der Waals surface area contributed by atoms with E-state index in [0.717, 1.165) is 11.3 Å². The number of H-pyrrole nitrogens is 1. The Morgan fingerprint density at radius 1 is 1.29 bits per heavy atom. The van der Waals surface area contributed by atoms with E-state index in [-0.39, 0.29) is 15.8 Å². The van der Waals surface area contributed by atoms with E-state index in [1.54, 1.807) is 43.5 Å². The average Bonchev–Trinajstić information content (AvgIpc) is 2.81. The standard InChI is InChI=1S/C13H17N3O3S2/c1-9(2)16-21(18,19)12-6-4-3-5-11(12)14-7-10-8-20-13(17)15-10/h3-6,8-9,14,16H,7H2,1-2H3,(H,15,17). The molecule has 1 aromatic heterocycles. The molecule has 2 rings (SSSR count). The summed E-state index contributed by atoms with van der Waals surface area (Å²) >= 11 is 1.08. The van der Waals surface area contributed by atoms with Gasteiger partial charge in [0.1, 0.15) is 4.90 Å². The number of benzene rings is 1. The second-order valence-corrected chi connectivity index (χ2v) is 7.32. The highest BCUT2D eigenvalue weighted by Crippen LogP contribution is 2.21. The van der Waals surface area contributed by atoms with Gasteiger partial charge in [0.2, 0.25) is 10.0 Å². The first-order chi connectivity index (χ1) is 9.88. The predicted octanol–water partition coefficient (Wildman–Crippen LogP) is 1.74. The van der Waals surface area contributed by atoms with Crippen LogP contribution in [0.4, 0.5) is 5.69 Å². The third kappa shape index (κ3) is 4.16. The highest BCUT2D eigenvalue weighted by molar-refractivity contribution is 7.89. The molecular weight excluding hydrogens is 310 g/mol. The van der Waals surface area contributed by atoms with Crippen molar-refractivity contribution >= 4 is 27.0 Å². The zero-order valence-corrected chi connectivity index (χ0v) is 13.3. The van der Waals surface area contributed by atoms with Crippen molar-refractivity contribution in [2.24, 2.45) is 0 Å². The molecule has 0 fully saturated rings. The van der Waals surface area contributed by atoms with Crippen LogP contribution >= 0.6 is 11.3 Å². The van der Waals surface area contributed by atoms with Crippen molar-refractivity contribution in [1.82, 2.24) is 9.71 Å². The van der Waals surface area contributed by atoms with Crippen LogP contribution in [0.15, 0.2) is 39.3 Å². The molecule has 21 heavy (non-hydrogen) atoms. The molecule has 3 N–H and O–H groups in total. The largest absolute Gasteiger partial charge is 0.378 e. The summed E-state index contributed by atoms with van der Waals surface area (Å²) in [6.07, 6.45) is 0.